The Balaban J connectivity index is 0.00000205. The zero-order valence-electron chi connectivity index (χ0n) is 20.2. The largest absolute Gasteiger partial charge is 0.417 e. The summed E-state index contributed by atoms with van der Waals surface area (Å²) in [5.74, 6) is -1.12. The average molecular weight is 563 g/mol. The number of pyridine rings is 1. The van der Waals surface area contributed by atoms with E-state index >= 15 is 0 Å². The first kappa shape index (κ1) is 29.7. The fourth-order valence-electron chi connectivity index (χ4n) is 3.75. The molecule has 2 aromatic carbocycles. The summed E-state index contributed by atoms with van der Waals surface area (Å²) in [6.45, 7) is 3.66. The Hall–Kier alpha value is -3.90. The molecule has 0 radical (unpaired) electrons. The summed E-state index contributed by atoms with van der Waals surface area (Å²) in [6.07, 6.45) is -10.5. The van der Waals surface area contributed by atoms with Crippen LogP contribution in [0, 0.1) is 5.82 Å². The van der Waals surface area contributed by atoms with E-state index in [-0.39, 0.29) is 29.4 Å². The number of aromatic nitrogens is 1. The predicted octanol–water partition coefficient (Wildman–Crippen LogP) is 8.86. The summed E-state index contributed by atoms with van der Waals surface area (Å²) in [4.78, 5) is 8.95. The minimum atomic E-state index is -5.07. The Labute approximate surface area is 216 Å². The minimum absolute atomic E-state index is 0.0111. The molecule has 13 heteroatoms. The lowest BCUT2D eigenvalue weighted by Crippen LogP contribution is -2.27. The van der Waals surface area contributed by atoms with E-state index in [1.165, 1.54) is 17.2 Å². The lowest BCUT2D eigenvalue weighted by atomic mass is 9.96. The van der Waals surface area contributed by atoms with Crippen molar-refractivity contribution in [2.45, 2.75) is 32.4 Å². The molecule has 2 heterocycles. The average Bonchev–Trinajstić information content (AvgIpc) is 2.88. The van der Waals surface area contributed by atoms with Gasteiger partial charge in [0, 0.05) is 18.0 Å². The molecule has 208 valence electrons. The second-order valence-corrected chi connectivity index (χ2v) is 7.92. The van der Waals surface area contributed by atoms with Crippen molar-refractivity contribution in [2.24, 2.45) is 4.99 Å². The highest BCUT2D eigenvalue weighted by Crippen LogP contribution is 2.42. The van der Waals surface area contributed by atoms with Gasteiger partial charge in [0.25, 0.3) is 0 Å². The number of hydrogen-bond acceptors (Lipinski definition) is 3. The normalized spacial score (nSPS) is 14.1. The number of halogens is 10. The standard InChI is InChI=1S/C24H13F10N3.C2H6/c25-17-1-2-18(20(8-17)24(32,33)34)19-3-4-35-10-21(19)37-11-14(9-36-12-37)13-5-15(22(26,27)28)7-16(6-13)23(29,30)31;1-2/h1-10,12H,11H2;1-2H3. The first-order chi connectivity index (χ1) is 18.1. The Bertz CT molecular complexity index is 1350. The van der Waals surface area contributed by atoms with Gasteiger partial charge in [0.15, 0.2) is 0 Å². The maximum Gasteiger partial charge on any atom is 0.417 e. The van der Waals surface area contributed by atoms with Crippen LogP contribution in [0.5, 0.6) is 0 Å². The van der Waals surface area contributed by atoms with Crippen LogP contribution in [0.2, 0.25) is 0 Å². The van der Waals surface area contributed by atoms with Crippen molar-refractivity contribution in [1.29, 1.82) is 0 Å². The van der Waals surface area contributed by atoms with E-state index in [0.717, 1.165) is 30.9 Å². The van der Waals surface area contributed by atoms with Gasteiger partial charge in [-0.25, -0.2) is 9.38 Å². The highest BCUT2D eigenvalue weighted by Gasteiger charge is 2.38. The first-order valence-electron chi connectivity index (χ1n) is 11.2. The van der Waals surface area contributed by atoms with Crippen LogP contribution in [0.3, 0.4) is 0 Å². The topological polar surface area (TPSA) is 28.5 Å². The molecule has 39 heavy (non-hydrogen) atoms. The summed E-state index contributed by atoms with van der Waals surface area (Å²) in [5, 5.41) is 0. The molecule has 4 rings (SSSR count). The van der Waals surface area contributed by atoms with Crippen molar-refractivity contribution in [3.63, 3.8) is 0 Å². The zero-order valence-corrected chi connectivity index (χ0v) is 20.2. The number of benzene rings is 2. The maximum absolute atomic E-state index is 13.6. The molecule has 0 bridgehead atoms. The molecule has 0 amide bonds. The smallest absolute Gasteiger partial charge is 0.326 e. The molecule has 0 N–H and O–H groups in total. The van der Waals surface area contributed by atoms with Gasteiger partial charge in [0.2, 0.25) is 0 Å². The van der Waals surface area contributed by atoms with Gasteiger partial charge in [-0.1, -0.05) is 19.9 Å². The molecule has 3 nitrogen and oxygen atoms in total. The Morgan fingerprint density at radius 2 is 1.36 bits per heavy atom. The molecule has 0 unspecified atom stereocenters. The van der Waals surface area contributed by atoms with Crippen molar-refractivity contribution in [2.75, 3.05) is 11.4 Å². The first-order valence-corrected chi connectivity index (χ1v) is 11.2. The fraction of sp³-hybridized carbons (Fsp3) is 0.231. The number of hydrogen-bond donors (Lipinski definition) is 0. The second kappa shape index (κ2) is 11.1. The number of rotatable bonds is 3. The van der Waals surface area contributed by atoms with Crippen molar-refractivity contribution in [1.82, 2.24) is 4.98 Å². The van der Waals surface area contributed by atoms with E-state index < -0.39 is 52.2 Å². The van der Waals surface area contributed by atoms with Crippen LogP contribution < -0.4 is 4.90 Å². The molecule has 0 aliphatic carbocycles. The second-order valence-electron chi connectivity index (χ2n) is 7.92. The lowest BCUT2D eigenvalue weighted by molar-refractivity contribution is -0.143. The third-order valence-corrected chi connectivity index (χ3v) is 5.42. The van der Waals surface area contributed by atoms with E-state index in [1.54, 1.807) is 0 Å². The quantitative estimate of drug-likeness (QED) is 0.298. The Kier molecular flexibility index (Phi) is 8.42. The monoisotopic (exact) mass is 563 g/mol. The summed E-state index contributed by atoms with van der Waals surface area (Å²) in [5.41, 5.74) is -5.28. The van der Waals surface area contributed by atoms with Gasteiger partial charge in [-0.2, -0.15) is 39.5 Å². The van der Waals surface area contributed by atoms with Gasteiger partial charge in [0.05, 0.1) is 41.5 Å². The summed E-state index contributed by atoms with van der Waals surface area (Å²) in [7, 11) is 0. The highest BCUT2D eigenvalue weighted by molar-refractivity contribution is 5.93. The predicted molar refractivity (Wildman–Crippen MR) is 126 cm³/mol. The van der Waals surface area contributed by atoms with Crippen molar-refractivity contribution < 1.29 is 43.9 Å². The van der Waals surface area contributed by atoms with Crippen LogP contribution in [-0.4, -0.2) is 17.9 Å². The van der Waals surface area contributed by atoms with Crippen LogP contribution in [0.15, 0.2) is 66.1 Å². The van der Waals surface area contributed by atoms with Gasteiger partial charge in [-0.05, 0) is 53.1 Å². The Morgan fingerprint density at radius 3 is 1.92 bits per heavy atom. The van der Waals surface area contributed by atoms with E-state index in [2.05, 4.69) is 9.98 Å². The van der Waals surface area contributed by atoms with Gasteiger partial charge < -0.3 is 4.90 Å². The molecule has 1 aliphatic heterocycles. The van der Waals surface area contributed by atoms with Crippen LogP contribution >= 0.6 is 0 Å². The van der Waals surface area contributed by atoms with Gasteiger partial charge >= 0.3 is 18.5 Å². The van der Waals surface area contributed by atoms with Crippen molar-refractivity contribution >= 4 is 17.6 Å². The molecular formula is C26H19F10N3. The number of anilines is 1. The molecule has 0 atom stereocenters. The number of alkyl halides is 9. The highest BCUT2D eigenvalue weighted by atomic mass is 19.4. The lowest BCUT2D eigenvalue weighted by Gasteiger charge is -2.27. The van der Waals surface area contributed by atoms with E-state index in [9.17, 15) is 43.9 Å². The van der Waals surface area contributed by atoms with Gasteiger partial charge in [0.1, 0.15) is 5.82 Å². The molecule has 0 spiro atoms. The number of aliphatic imine (C=N–C) groups is 1. The third-order valence-electron chi connectivity index (χ3n) is 5.42. The summed E-state index contributed by atoms with van der Waals surface area (Å²) in [6, 6.07) is 4.33. The van der Waals surface area contributed by atoms with E-state index in [1.807, 2.05) is 13.8 Å². The summed E-state index contributed by atoms with van der Waals surface area (Å²) >= 11 is 0. The fourth-order valence-corrected chi connectivity index (χ4v) is 3.75. The number of nitrogens with zero attached hydrogens (tertiary/aromatic N) is 3. The minimum Gasteiger partial charge on any atom is -0.326 e. The maximum atomic E-state index is 13.6. The van der Waals surface area contributed by atoms with Crippen molar-refractivity contribution in [3.8, 4) is 11.1 Å². The van der Waals surface area contributed by atoms with Gasteiger partial charge in [-0.15, -0.1) is 0 Å². The molecule has 0 saturated carbocycles. The molecule has 0 fully saturated rings. The van der Waals surface area contributed by atoms with Crippen LogP contribution in [0.4, 0.5) is 49.6 Å². The van der Waals surface area contributed by atoms with Crippen LogP contribution in [0.25, 0.3) is 16.7 Å². The van der Waals surface area contributed by atoms with Crippen LogP contribution in [-0.2, 0) is 18.5 Å². The molecular weight excluding hydrogens is 544 g/mol. The SMILES string of the molecule is CC.Fc1ccc(-c2ccncc2N2C=NC=C(c3cc(C(F)(F)F)cc(C(F)(F)F)c3)C2)c(C(F)(F)F)c1. The van der Waals surface area contributed by atoms with Gasteiger partial charge in [-0.3, -0.25) is 4.98 Å². The van der Waals surface area contributed by atoms with E-state index in [4.69, 9.17) is 0 Å². The zero-order chi connectivity index (χ0) is 29.2. The molecule has 3 aromatic rings. The Morgan fingerprint density at radius 1 is 0.744 bits per heavy atom. The molecule has 1 aliphatic rings. The van der Waals surface area contributed by atoms with Crippen molar-refractivity contribution in [3.05, 3.63) is 89.1 Å². The van der Waals surface area contributed by atoms with Crippen LogP contribution in [0.1, 0.15) is 36.1 Å². The molecule has 0 saturated heterocycles. The third kappa shape index (κ3) is 6.76. The molecule has 1 aromatic heterocycles. The van der Waals surface area contributed by atoms with E-state index in [0.29, 0.717) is 18.2 Å². The summed E-state index contributed by atoms with van der Waals surface area (Å²) < 4.78 is 134.